The van der Waals surface area contributed by atoms with Crippen molar-refractivity contribution in [3.63, 3.8) is 0 Å². The first kappa shape index (κ1) is 15.5. The number of halogens is 2. The van der Waals surface area contributed by atoms with Crippen molar-refractivity contribution in [1.29, 1.82) is 0 Å². The maximum atomic E-state index is 10.3. The predicted molar refractivity (Wildman–Crippen MR) is 85.2 cm³/mol. The Balaban J connectivity index is 2.11. The third-order valence-electron chi connectivity index (χ3n) is 3.35. The Morgan fingerprint density at radius 1 is 1.35 bits per heavy atom. The fraction of sp³-hybridized carbons (Fsp3) is 0.400. The molecular weight excluding hydrogens is 340 g/mol. The molecule has 0 radical (unpaired) electrons. The number of benzene rings is 1. The zero-order valence-electron chi connectivity index (χ0n) is 11.6. The van der Waals surface area contributed by atoms with E-state index in [4.69, 9.17) is 11.6 Å². The first-order valence-electron chi connectivity index (χ1n) is 6.64. The molecule has 0 fully saturated rings. The van der Waals surface area contributed by atoms with Gasteiger partial charge in [0.25, 0.3) is 0 Å². The molecule has 1 atom stereocenters. The molecule has 0 aliphatic carbocycles. The van der Waals surface area contributed by atoms with E-state index in [0.717, 1.165) is 27.8 Å². The monoisotopic (exact) mass is 356 g/mol. The lowest BCUT2D eigenvalue weighted by Crippen LogP contribution is -2.16. The van der Waals surface area contributed by atoms with Crippen LogP contribution >= 0.6 is 27.5 Å². The first-order valence-corrected chi connectivity index (χ1v) is 7.81. The minimum absolute atomic E-state index is 0.480. The molecular formula is C15H18BrClN2O. The summed E-state index contributed by atoms with van der Waals surface area (Å²) in [5.74, 6) is 0. The lowest BCUT2D eigenvalue weighted by molar-refractivity contribution is 0.172. The van der Waals surface area contributed by atoms with E-state index in [0.29, 0.717) is 17.9 Å². The van der Waals surface area contributed by atoms with Gasteiger partial charge in [-0.15, -0.1) is 0 Å². The van der Waals surface area contributed by atoms with Gasteiger partial charge in [-0.3, -0.25) is 4.68 Å². The second-order valence-electron chi connectivity index (χ2n) is 4.84. The zero-order chi connectivity index (χ0) is 14.7. The number of hydrogen-bond acceptors (Lipinski definition) is 2. The van der Waals surface area contributed by atoms with Gasteiger partial charge in [0.05, 0.1) is 22.5 Å². The van der Waals surface area contributed by atoms with Crippen LogP contribution in [0.1, 0.15) is 23.9 Å². The largest absolute Gasteiger partial charge is 0.392 e. The van der Waals surface area contributed by atoms with Gasteiger partial charge in [0.1, 0.15) is 0 Å². The molecule has 1 heterocycles. The first-order chi connectivity index (χ1) is 9.52. The summed E-state index contributed by atoms with van der Waals surface area (Å²) in [6.45, 7) is 2.02. The highest BCUT2D eigenvalue weighted by Gasteiger charge is 2.17. The van der Waals surface area contributed by atoms with E-state index in [-0.39, 0.29) is 0 Å². The Morgan fingerprint density at radius 2 is 2.05 bits per heavy atom. The molecule has 1 unspecified atom stereocenters. The topological polar surface area (TPSA) is 38.0 Å². The molecule has 1 aromatic heterocycles. The number of hydrogen-bond donors (Lipinski definition) is 1. The van der Waals surface area contributed by atoms with Crippen molar-refractivity contribution in [1.82, 2.24) is 9.78 Å². The summed E-state index contributed by atoms with van der Waals surface area (Å²) in [7, 11) is 1.87. The van der Waals surface area contributed by atoms with Gasteiger partial charge in [0.2, 0.25) is 0 Å². The molecule has 1 N–H and O–H groups in total. The minimum atomic E-state index is -0.480. The maximum absolute atomic E-state index is 10.3. The average Bonchev–Trinajstić information content (AvgIpc) is 2.69. The van der Waals surface area contributed by atoms with Gasteiger partial charge in [-0.25, -0.2) is 0 Å². The molecule has 0 spiro atoms. The van der Waals surface area contributed by atoms with E-state index >= 15 is 0 Å². The van der Waals surface area contributed by atoms with Gasteiger partial charge in [-0.1, -0.05) is 52.7 Å². The smallest absolute Gasteiger partial charge is 0.0850 e. The van der Waals surface area contributed by atoms with Crippen LogP contribution in [0, 0.1) is 0 Å². The second-order valence-corrected chi connectivity index (χ2v) is 6.07. The summed E-state index contributed by atoms with van der Waals surface area (Å²) in [5, 5.41) is 15.3. The summed E-state index contributed by atoms with van der Waals surface area (Å²) in [6, 6.07) is 7.93. The molecule has 0 aliphatic rings. The molecule has 2 rings (SSSR count). The number of rotatable bonds is 5. The molecule has 5 heteroatoms. The van der Waals surface area contributed by atoms with Crippen molar-refractivity contribution < 1.29 is 5.11 Å². The molecule has 108 valence electrons. The molecule has 0 bridgehead atoms. The molecule has 3 nitrogen and oxygen atoms in total. The van der Waals surface area contributed by atoms with Crippen LogP contribution in [0.2, 0.25) is 5.02 Å². The molecule has 1 aromatic carbocycles. The lowest BCUT2D eigenvalue weighted by atomic mass is 10.0. The number of aliphatic hydroxyl groups is 1. The third kappa shape index (κ3) is 3.43. The van der Waals surface area contributed by atoms with Crippen LogP contribution in [0.25, 0.3) is 0 Å². The number of aliphatic hydroxyl groups excluding tert-OH is 1. The van der Waals surface area contributed by atoms with Crippen LogP contribution < -0.4 is 0 Å². The minimum Gasteiger partial charge on any atom is -0.392 e. The predicted octanol–water partition coefficient (Wildman–Crippen LogP) is 3.54. The van der Waals surface area contributed by atoms with Crippen LogP contribution in [0.3, 0.4) is 0 Å². The summed E-state index contributed by atoms with van der Waals surface area (Å²) < 4.78 is 2.79. The third-order valence-corrected chi connectivity index (χ3v) is 4.56. The normalized spacial score (nSPS) is 12.7. The van der Waals surface area contributed by atoms with Crippen LogP contribution in [0.5, 0.6) is 0 Å². The van der Waals surface area contributed by atoms with Crippen molar-refractivity contribution in [2.75, 3.05) is 0 Å². The van der Waals surface area contributed by atoms with Crippen molar-refractivity contribution in [2.45, 2.75) is 32.3 Å². The Hall–Kier alpha value is -0.840. The van der Waals surface area contributed by atoms with Gasteiger partial charge in [0, 0.05) is 17.9 Å². The standard InChI is InChI=1S/C15H18BrClN2O/c1-3-13-15(17)14(19(2)18-13)9-11(20)8-10-6-4-5-7-12(10)16/h4-7,11,20H,3,8-9H2,1-2H3. The fourth-order valence-corrected chi connectivity index (χ4v) is 3.07. The highest BCUT2D eigenvalue weighted by Crippen LogP contribution is 2.24. The molecule has 0 saturated carbocycles. The Morgan fingerprint density at radius 3 is 2.65 bits per heavy atom. The van der Waals surface area contributed by atoms with E-state index in [9.17, 15) is 5.11 Å². The molecule has 2 aromatic rings. The van der Waals surface area contributed by atoms with Crippen molar-refractivity contribution in [3.05, 3.63) is 50.7 Å². The highest BCUT2D eigenvalue weighted by molar-refractivity contribution is 9.10. The van der Waals surface area contributed by atoms with Crippen LogP contribution in [-0.4, -0.2) is 21.0 Å². The Bertz CT molecular complexity index is 598. The molecule has 0 saturated heterocycles. The second kappa shape index (κ2) is 6.74. The van der Waals surface area contributed by atoms with E-state index in [1.807, 2.05) is 38.2 Å². The maximum Gasteiger partial charge on any atom is 0.0850 e. The summed E-state index contributed by atoms with van der Waals surface area (Å²) in [6.07, 6.45) is 1.41. The van der Waals surface area contributed by atoms with Crippen LogP contribution in [0.15, 0.2) is 28.7 Å². The number of aromatic nitrogens is 2. The summed E-state index contributed by atoms with van der Waals surface area (Å²) in [5.41, 5.74) is 2.87. The molecule has 0 aliphatic heterocycles. The molecule has 0 amide bonds. The number of aryl methyl sites for hydroxylation is 2. The summed E-state index contributed by atoms with van der Waals surface area (Å²) >= 11 is 9.80. The Kier molecular flexibility index (Phi) is 5.24. The zero-order valence-corrected chi connectivity index (χ0v) is 13.9. The van der Waals surface area contributed by atoms with E-state index in [1.165, 1.54) is 0 Å². The Labute approximate surface area is 132 Å². The highest BCUT2D eigenvalue weighted by atomic mass is 79.9. The van der Waals surface area contributed by atoms with Crippen molar-refractivity contribution >= 4 is 27.5 Å². The van der Waals surface area contributed by atoms with Gasteiger partial charge < -0.3 is 5.11 Å². The van der Waals surface area contributed by atoms with E-state index < -0.39 is 6.10 Å². The fourth-order valence-electron chi connectivity index (χ4n) is 2.25. The van der Waals surface area contributed by atoms with Gasteiger partial charge in [-0.2, -0.15) is 5.10 Å². The van der Waals surface area contributed by atoms with Crippen LogP contribution in [-0.2, 0) is 26.3 Å². The van der Waals surface area contributed by atoms with Crippen LogP contribution in [0.4, 0.5) is 0 Å². The van der Waals surface area contributed by atoms with E-state index in [2.05, 4.69) is 21.0 Å². The van der Waals surface area contributed by atoms with Crippen molar-refractivity contribution in [3.8, 4) is 0 Å². The van der Waals surface area contributed by atoms with Crippen molar-refractivity contribution in [2.24, 2.45) is 7.05 Å². The average molecular weight is 358 g/mol. The SMILES string of the molecule is CCc1nn(C)c(CC(O)Cc2ccccc2Br)c1Cl. The summed E-state index contributed by atoms with van der Waals surface area (Å²) in [4.78, 5) is 0. The number of nitrogens with zero attached hydrogens (tertiary/aromatic N) is 2. The lowest BCUT2D eigenvalue weighted by Gasteiger charge is -2.12. The van der Waals surface area contributed by atoms with Gasteiger partial charge in [0.15, 0.2) is 0 Å². The van der Waals surface area contributed by atoms with Gasteiger partial charge >= 0.3 is 0 Å². The molecule has 20 heavy (non-hydrogen) atoms. The quantitative estimate of drug-likeness (QED) is 0.889. The van der Waals surface area contributed by atoms with E-state index in [1.54, 1.807) is 4.68 Å². The van der Waals surface area contributed by atoms with Gasteiger partial charge in [-0.05, 0) is 24.5 Å².